The summed E-state index contributed by atoms with van der Waals surface area (Å²) in [4.78, 5) is 8.98. The summed E-state index contributed by atoms with van der Waals surface area (Å²) in [7, 11) is -4.21. The van der Waals surface area contributed by atoms with Crippen LogP contribution in [-0.2, 0) is 16.2 Å². The van der Waals surface area contributed by atoms with Crippen molar-refractivity contribution in [3.8, 4) is 0 Å². The van der Waals surface area contributed by atoms with Crippen LogP contribution in [0.5, 0.6) is 0 Å². The molecule has 0 atom stereocenters. The summed E-state index contributed by atoms with van der Waals surface area (Å²) in [5, 5.41) is 13.7. The number of alkyl halides is 3. The van der Waals surface area contributed by atoms with Gasteiger partial charge in [-0.05, 0) is 6.07 Å². The molecule has 7 nitrogen and oxygen atoms in total. The van der Waals surface area contributed by atoms with Crippen LogP contribution >= 0.6 is 0 Å². The summed E-state index contributed by atoms with van der Waals surface area (Å²) in [6.45, 7) is 0.902. The minimum atomic E-state index is -4.88. The van der Waals surface area contributed by atoms with Crippen LogP contribution in [0.2, 0.25) is 0 Å². The quantitative estimate of drug-likeness (QED) is 0.660. The Kier molecular flexibility index (Phi) is 4.40. The monoisotopic (exact) mass is 339 g/mol. The van der Waals surface area contributed by atoms with Gasteiger partial charge in [0.2, 0.25) is 10.0 Å². The molecule has 1 heterocycles. The Labute approximate surface area is 123 Å². The van der Waals surface area contributed by atoms with Crippen LogP contribution in [0, 0.1) is 10.1 Å². The van der Waals surface area contributed by atoms with Crippen molar-refractivity contribution in [2.45, 2.75) is 11.1 Å². The first-order chi connectivity index (χ1) is 10.1. The highest BCUT2D eigenvalue weighted by molar-refractivity contribution is 7.89. The van der Waals surface area contributed by atoms with Gasteiger partial charge in [-0.15, -0.1) is 0 Å². The summed E-state index contributed by atoms with van der Waals surface area (Å²) in [5.74, 6) is 0. The maximum absolute atomic E-state index is 12.8. The molecule has 0 radical (unpaired) electrons. The van der Waals surface area contributed by atoms with E-state index in [-0.39, 0.29) is 13.1 Å². The van der Waals surface area contributed by atoms with Gasteiger partial charge >= 0.3 is 6.18 Å². The fraction of sp³-hybridized carbons (Fsp3) is 0.455. The highest BCUT2D eigenvalue weighted by atomic mass is 32.2. The van der Waals surface area contributed by atoms with Crippen molar-refractivity contribution in [2.75, 3.05) is 26.2 Å². The maximum Gasteiger partial charge on any atom is 0.416 e. The van der Waals surface area contributed by atoms with Gasteiger partial charge in [-0.3, -0.25) is 10.1 Å². The van der Waals surface area contributed by atoms with Gasteiger partial charge in [-0.1, -0.05) is 0 Å². The molecule has 0 aliphatic carbocycles. The van der Waals surface area contributed by atoms with E-state index in [2.05, 4.69) is 5.32 Å². The highest BCUT2D eigenvalue weighted by Crippen LogP contribution is 2.34. The highest BCUT2D eigenvalue weighted by Gasteiger charge is 2.35. The van der Waals surface area contributed by atoms with Crippen molar-refractivity contribution in [1.29, 1.82) is 0 Å². The standard InChI is InChI=1S/C11H12F3N3O4S/c12-11(13,14)8-5-9(17(18)19)7-10(6-8)22(20,21)16-3-1-15-2-4-16/h5-7,15H,1-4H2. The lowest BCUT2D eigenvalue weighted by Crippen LogP contribution is -2.46. The van der Waals surface area contributed by atoms with Crippen molar-refractivity contribution >= 4 is 15.7 Å². The SMILES string of the molecule is O=[N+]([O-])c1cc(C(F)(F)F)cc(S(=O)(=O)N2CCNCC2)c1. The molecule has 0 bridgehead atoms. The lowest BCUT2D eigenvalue weighted by atomic mass is 10.2. The third kappa shape index (κ3) is 3.36. The molecule has 0 amide bonds. The van der Waals surface area contributed by atoms with Gasteiger partial charge in [0, 0.05) is 38.3 Å². The molecule has 0 aromatic heterocycles. The van der Waals surface area contributed by atoms with Crippen molar-refractivity contribution in [1.82, 2.24) is 9.62 Å². The normalized spacial score (nSPS) is 17.4. The number of hydrogen-bond donors (Lipinski definition) is 1. The molecule has 1 aromatic rings. The number of nitrogens with zero attached hydrogens (tertiary/aromatic N) is 2. The molecule has 0 spiro atoms. The number of nitro benzene ring substituents is 1. The van der Waals surface area contributed by atoms with Crippen molar-refractivity contribution < 1.29 is 26.5 Å². The largest absolute Gasteiger partial charge is 0.416 e. The van der Waals surface area contributed by atoms with Crippen LogP contribution in [0.3, 0.4) is 0 Å². The Hall–Kier alpha value is -1.72. The van der Waals surface area contributed by atoms with Crippen molar-refractivity contribution in [3.05, 3.63) is 33.9 Å². The lowest BCUT2D eigenvalue weighted by Gasteiger charge is -2.26. The Balaban J connectivity index is 2.53. The molecule has 0 unspecified atom stereocenters. The first kappa shape index (κ1) is 16.6. The van der Waals surface area contributed by atoms with Gasteiger partial charge < -0.3 is 5.32 Å². The summed E-state index contributed by atoms with van der Waals surface area (Å²) >= 11 is 0. The molecule has 11 heteroatoms. The molecule has 1 aliphatic heterocycles. The van der Waals surface area contributed by atoms with Gasteiger partial charge in [0.05, 0.1) is 15.4 Å². The van der Waals surface area contributed by atoms with Crippen molar-refractivity contribution in [3.63, 3.8) is 0 Å². The summed E-state index contributed by atoms with van der Waals surface area (Å²) in [6, 6.07) is 1.38. The number of sulfonamides is 1. The minimum absolute atomic E-state index is 0.0897. The first-order valence-corrected chi connectivity index (χ1v) is 7.64. The second-order valence-corrected chi connectivity index (χ2v) is 6.56. The number of rotatable bonds is 3. The molecule has 1 aromatic carbocycles. The zero-order valence-corrected chi connectivity index (χ0v) is 11.9. The number of benzene rings is 1. The molecule has 2 rings (SSSR count). The third-order valence-electron chi connectivity index (χ3n) is 3.14. The number of hydrogen-bond acceptors (Lipinski definition) is 5. The molecular weight excluding hydrogens is 327 g/mol. The van der Waals surface area contributed by atoms with Crippen molar-refractivity contribution in [2.24, 2.45) is 0 Å². The second kappa shape index (κ2) is 5.82. The Bertz CT molecular complexity index is 684. The minimum Gasteiger partial charge on any atom is -0.314 e. The number of non-ortho nitro benzene ring substituents is 1. The fourth-order valence-electron chi connectivity index (χ4n) is 2.04. The Morgan fingerprint density at radius 1 is 1.18 bits per heavy atom. The molecule has 122 valence electrons. The molecule has 1 saturated heterocycles. The van der Waals surface area contributed by atoms with E-state index >= 15 is 0 Å². The molecule has 1 fully saturated rings. The molecular formula is C11H12F3N3O4S. The summed E-state index contributed by atoms with van der Waals surface area (Å²) in [5.41, 5.74) is -2.28. The van der Waals surface area contributed by atoms with Gasteiger partial charge in [0.25, 0.3) is 5.69 Å². The summed E-state index contributed by atoms with van der Waals surface area (Å²) in [6.07, 6.45) is -4.88. The van der Waals surface area contributed by atoms with Crippen LogP contribution < -0.4 is 5.32 Å². The zero-order chi connectivity index (χ0) is 16.5. The lowest BCUT2D eigenvalue weighted by molar-refractivity contribution is -0.385. The molecule has 0 saturated carbocycles. The van der Waals surface area contributed by atoms with E-state index in [1.54, 1.807) is 0 Å². The van der Waals surface area contributed by atoms with E-state index in [1.807, 2.05) is 0 Å². The average Bonchev–Trinajstić information content (AvgIpc) is 2.46. The number of halogens is 3. The van der Waals surface area contributed by atoms with Gasteiger partial charge in [-0.2, -0.15) is 17.5 Å². The predicted octanol–water partition coefficient (Wildman–Crippen LogP) is 1.21. The van der Waals surface area contributed by atoms with Gasteiger partial charge in [0.1, 0.15) is 0 Å². The molecule has 1 aliphatic rings. The Morgan fingerprint density at radius 3 is 2.27 bits per heavy atom. The van der Waals surface area contributed by atoms with E-state index < -0.39 is 37.3 Å². The van der Waals surface area contributed by atoms with Crippen LogP contribution in [0.15, 0.2) is 23.1 Å². The third-order valence-corrected chi connectivity index (χ3v) is 5.02. The second-order valence-electron chi connectivity index (χ2n) is 4.62. The topological polar surface area (TPSA) is 92.5 Å². The smallest absolute Gasteiger partial charge is 0.314 e. The van der Waals surface area contributed by atoms with Crippen LogP contribution in [0.25, 0.3) is 0 Å². The van der Waals surface area contributed by atoms with Crippen LogP contribution in [-0.4, -0.2) is 43.8 Å². The van der Waals surface area contributed by atoms with E-state index in [1.165, 1.54) is 0 Å². The first-order valence-electron chi connectivity index (χ1n) is 6.20. The van der Waals surface area contributed by atoms with E-state index in [9.17, 15) is 31.7 Å². The van der Waals surface area contributed by atoms with Crippen LogP contribution in [0.1, 0.15) is 5.56 Å². The zero-order valence-electron chi connectivity index (χ0n) is 11.1. The Morgan fingerprint density at radius 2 is 1.77 bits per heavy atom. The molecule has 22 heavy (non-hydrogen) atoms. The maximum atomic E-state index is 12.8. The van der Waals surface area contributed by atoms with Crippen LogP contribution in [0.4, 0.5) is 18.9 Å². The summed E-state index contributed by atoms with van der Waals surface area (Å²) < 4.78 is 64.1. The fourth-order valence-corrected chi connectivity index (χ4v) is 3.54. The van der Waals surface area contributed by atoms with E-state index in [0.717, 1.165) is 4.31 Å². The van der Waals surface area contributed by atoms with E-state index in [4.69, 9.17) is 0 Å². The van der Waals surface area contributed by atoms with Gasteiger partial charge in [-0.25, -0.2) is 8.42 Å². The number of nitro groups is 1. The average molecular weight is 339 g/mol. The molecule has 1 N–H and O–H groups in total. The van der Waals surface area contributed by atoms with Gasteiger partial charge in [0.15, 0.2) is 0 Å². The number of nitrogens with one attached hydrogen (secondary N) is 1. The predicted molar refractivity (Wildman–Crippen MR) is 69.7 cm³/mol. The number of piperazine rings is 1. The van der Waals surface area contributed by atoms with E-state index in [0.29, 0.717) is 31.3 Å².